The molecule has 0 spiro atoms. The number of aromatic amines is 1. The zero-order chi connectivity index (χ0) is 20.8. The van der Waals surface area contributed by atoms with E-state index in [4.69, 9.17) is 5.26 Å². The van der Waals surface area contributed by atoms with Crippen molar-refractivity contribution >= 4 is 22.8 Å². The summed E-state index contributed by atoms with van der Waals surface area (Å²) in [5, 5.41) is 11.8. The fourth-order valence-electron chi connectivity index (χ4n) is 3.22. The average Bonchev–Trinajstić information content (AvgIpc) is 3.27. The van der Waals surface area contributed by atoms with Crippen molar-refractivity contribution in [3.8, 4) is 6.07 Å². The lowest BCUT2D eigenvalue weighted by molar-refractivity contribution is 0.0964. The number of aryl methyl sites for hydroxylation is 1. The molecule has 0 radical (unpaired) electrons. The third kappa shape index (κ3) is 4.43. The Morgan fingerprint density at radius 1 is 1.28 bits per heavy atom. The van der Waals surface area contributed by atoms with Gasteiger partial charge in [0.25, 0.3) is 11.5 Å². The molecule has 1 aliphatic heterocycles. The summed E-state index contributed by atoms with van der Waals surface area (Å²) in [6, 6.07) is 3.74. The lowest BCUT2D eigenvalue weighted by atomic mass is 10.1. The summed E-state index contributed by atoms with van der Waals surface area (Å²) in [5.41, 5.74) is 1.34. The zero-order valence-electron chi connectivity index (χ0n) is 16.5. The van der Waals surface area contributed by atoms with Crippen LogP contribution in [0, 0.1) is 11.3 Å². The Bertz CT molecular complexity index is 1090. The first kappa shape index (κ1) is 20.1. The van der Waals surface area contributed by atoms with Crippen molar-refractivity contribution in [2.75, 3.05) is 25.0 Å². The van der Waals surface area contributed by atoms with E-state index in [-0.39, 0.29) is 12.9 Å². The summed E-state index contributed by atoms with van der Waals surface area (Å²) >= 11 is 0. The second-order valence-electron chi connectivity index (χ2n) is 6.74. The fourth-order valence-corrected chi connectivity index (χ4v) is 3.22. The molecular formula is C20H25N7O2. The number of fused-ring (bicyclic) bond motifs is 1. The van der Waals surface area contributed by atoms with Gasteiger partial charge in [0.05, 0.1) is 23.5 Å². The van der Waals surface area contributed by atoms with E-state index < -0.39 is 0 Å². The number of aromatic nitrogens is 4. The lowest BCUT2D eigenvalue weighted by Crippen LogP contribution is -2.30. The van der Waals surface area contributed by atoms with Crippen molar-refractivity contribution in [1.29, 1.82) is 5.26 Å². The number of nitrogens with one attached hydrogen (secondary N) is 2. The van der Waals surface area contributed by atoms with E-state index in [9.17, 15) is 9.59 Å². The van der Waals surface area contributed by atoms with Crippen LogP contribution in [0.1, 0.15) is 36.6 Å². The highest BCUT2D eigenvalue weighted by Crippen LogP contribution is 2.15. The van der Waals surface area contributed by atoms with E-state index in [2.05, 4.69) is 25.2 Å². The van der Waals surface area contributed by atoms with Crippen LogP contribution < -0.4 is 15.8 Å². The average molecular weight is 395 g/mol. The van der Waals surface area contributed by atoms with Crippen LogP contribution in [0.15, 0.2) is 35.6 Å². The number of H-pyrrole nitrogens is 1. The van der Waals surface area contributed by atoms with Gasteiger partial charge in [0.1, 0.15) is 11.6 Å². The minimum Gasteiger partial charge on any atom is -0.357 e. The summed E-state index contributed by atoms with van der Waals surface area (Å²) in [6.07, 6.45) is 10.1. The fraction of sp³-hybridized carbons (Fsp3) is 0.350. The van der Waals surface area contributed by atoms with Crippen LogP contribution >= 0.6 is 0 Å². The Labute approximate surface area is 169 Å². The van der Waals surface area contributed by atoms with Gasteiger partial charge in [-0.05, 0) is 25.3 Å². The molecule has 1 amide bonds. The summed E-state index contributed by atoms with van der Waals surface area (Å²) < 4.78 is 1.39. The summed E-state index contributed by atoms with van der Waals surface area (Å²) in [4.78, 5) is 36.5. The number of carbonyl (C=O) groups is 1. The second kappa shape index (κ2) is 9.01. The third-order valence-electron chi connectivity index (χ3n) is 4.77. The van der Waals surface area contributed by atoms with E-state index in [1.165, 1.54) is 30.0 Å². The first-order valence-electron chi connectivity index (χ1n) is 9.41. The largest absolute Gasteiger partial charge is 0.357 e. The maximum Gasteiger partial charge on any atom is 0.274 e. The zero-order valence-corrected chi connectivity index (χ0v) is 16.5. The highest BCUT2D eigenvalue weighted by atomic mass is 16.1. The number of amides is 1. The van der Waals surface area contributed by atoms with Crippen molar-refractivity contribution in [3.63, 3.8) is 0 Å². The molecule has 29 heavy (non-hydrogen) atoms. The molecule has 0 aromatic carbocycles. The highest BCUT2D eigenvalue weighted by Gasteiger charge is 2.13. The monoisotopic (exact) mass is 395 g/mol. The Morgan fingerprint density at radius 2 is 1.97 bits per heavy atom. The van der Waals surface area contributed by atoms with Crippen LogP contribution in [0.2, 0.25) is 0 Å². The Morgan fingerprint density at radius 3 is 2.59 bits per heavy atom. The van der Waals surface area contributed by atoms with Crippen LogP contribution in [-0.4, -0.2) is 45.6 Å². The molecule has 152 valence electrons. The van der Waals surface area contributed by atoms with E-state index in [0.717, 1.165) is 19.0 Å². The van der Waals surface area contributed by atoms with Crippen LogP contribution in [-0.2, 0) is 7.05 Å². The van der Waals surface area contributed by atoms with Gasteiger partial charge < -0.3 is 19.8 Å². The van der Waals surface area contributed by atoms with E-state index in [1.54, 1.807) is 38.8 Å². The Kier molecular flexibility index (Phi) is 6.24. The number of rotatable bonds is 2. The van der Waals surface area contributed by atoms with Crippen molar-refractivity contribution in [2.24, 2.45) is 7.05 Å². The quantitative estimate of drug-likeness (QED) is 0.683. The maximum atomic E-state index is 11.7. The lowest BCUT2D eigenvalue weighted by Gasteiger charge is -2.26. The summed E-state index contributed by atoms with van der Waals surface area (Å²) in [7, 11) is 3.18. The molecule has 0 unspecified atom stereocenters. The molecule has 3 aromatic heterocycles. The highest BCUT2D eigenvalue weighted by molar-refractivity contribution is 6.05. The molecule has 1 fully saturated rings. The SMILES string of the molecule is CNC(=O)c1cn(C)c(=O)c2[nH]ccc12.N#Cc1cnc(N2CCCCC2)nc1.[HH]. The molecule has 0 saturated carbocycles. The molecule has 1 aliphatic rings. The number of pyridine rings is 1. The van der Waals surface area contributed by atoms with Gasteiger partial charge in [-0.1, -0.05) is 0 Å². The normalized spacial score (nSPS) is 13.3. The molecule has 0 atom stereocenters. The number of hydrogen-bond acceptors (Lipinski definition) is 6. The van der Waals surface area contributed by atoms with Gasteiger partial charge in [-0.2, -0.15) is 5.26 Å². The molecule has 1 saturated heterocycles. The summed E-state index contributed by atoms with van der Waals surface area (Å²) in [5.74, 6) is 0.555. The smallest absolute Gasteiger partial charge is 0.274 e. The van der Waals surface area contributed by atoms with Crippen LogP contribution in [0.4, 0.5) is 5.95 Å². The van der Waals surface area contributed by atoms with E-state index in [0.29, 0.717) is 22.0 Å². The minimum absolute atomic E-state index is 0. The first-order valence-corrected chi connectivity index (χ1v) is 9.41. The molecule has 0 bridgehead atoms. The Balaban J connectivity index is 0.000000207. The Hall–Kier alpha value is -3.67. The predicted octanol–water partition coefficient (Wildman–Crippen LogP) is 1.81. The standard InChI is InChI=1S/C10H12N4.C10H11N3O2.H2/c11-6-9-7-12-10(13-8-9)14-4-2-1-3-5-14;1-11-9(14)7-5-13(2)10(15)8-6(7)3-4-12-8;/h7-8H,1-5H2;3-5,12H,1-2H3,(H,11,14);1H. The number of nitriles is 1. The van der Waals surface area contributed by atoms with Gasteiger partial charge in [0, 0.05) is 46.4 Å². The van der Waals surface area contributed by atoms with Gasteiger partial charge >= 0.3 is 0 Å². The summed E-state index contributed by atoms with van der Waals surface area (Å²) in [6.45, 7) is 2.07. The molecule has 0 aliphatic carbocycles. The molecule has 9 nitrogen and oxygen atoms in total. The topological polar surface area (TPSA) is 120 Å². The molecule has 2 N–H and O–H groups in total. The predicted molar refractivity (Wildman–Crippen MR) is 112 cm³/mol. The first-order chi connectivity index (χ1) is 14.0. The molecule has 9 heteroatoms. The number of carbonyl (C=O) groups excluding carboxylic acids is 1. The van der Waals surface area contributed by atoms with Gasteiger partial charge in [-0.3, -0.25) is 9.59 Å². The van der Waals surface area contributed by atoms with Crippen LogP contribution in [0.3, 0.4) is 0 Å². The van der Waals surface area contributed by atoms with Gasteiger partial charge in [0.15, 0.2) is 0 Å². The third-order valence-corrected chi connectivity index (χ3v) is 4.77. The molecule has 4 rings (SSSR count). The van der Waals surface area contributed by atoms with Gasteiger partial charge in [-0.25, -0.2) is 9.97 Å². The number of nitrogens with zero attached hydrogens (tertiary/aromatic N) is 5. The molecular weight excluding hydrogens is 370 g/mol. The van der Waals surface area contributed by atoms with Crippen molar-refractivity contribution in [3.05, 3.63) is 52.3 Å². The minimum atomic E-state index is -0.199. The number of hydrogen-bond donors (Lipinski definition) is 2. The number of piperidine rings is 1. The molecule has 3 aromatic rings. The van der Waals surface area contributed by atoms with Crippen molar-refractivity contribution in [1.82, 2.24) is 24.8 Å². The van der Waals surface area contributed by atoms with Gasteiger partial charge in [-0.15, -0.1) is 0 Å². The van der Waals surface area contributed by atoms with Crippen LogP contribution in [0.25, 0.3) is 10.9 Å². The van der Waals surface area contributed by atoms with Gasteiger partial charge in [0.2, 0.25) is 5.95 Å². The second-order valence-corrected chi connectivity index (χ2v) is 6.74. The van der Waals surface area contributed by atoms with E-state index >= 15 is 0 Å². The van der Waals surface area contributed by atoms with Crippen molar-refractivity contribution < 1.29 is 6.22 Å². The van der Waals surface area contributed by atoms with E-state index in [1.807, 2.05) is 6.07 Å². The van der Waals surface area contributed by atoms with Crippen LogP contribution in [0.5, 0.6) is 0 Å². The maximum absolute atomic E-state index is 11.7. The number of anilines is 1. The van der Waals surface area contributed by atoms with Crippen molar-refractivity contribution in [2.45, 2.75) is 19.3 Å². The molecule has 4 heterocycles.